The summed E-state index contributed by atoms with van der Waals surface area (Å²) in [5.41, 5.74) is 3.68. The zero-order valence-electron chi connectivity index (χ0n) is 9.68. The van der Waals surface area contributed by atoms with Crippen LogP contribution in [0.1, 0.15) is 17.0 Å². The molecule has 1 aromatic heterocycles. The van der Waals surface area contributed by atoms with Crippen LogP contribution in [0.25, 0.3) is 5.69 Å². The largest absolute Gasteiger partial charge is 0.411 e. The van der Waals surface area contributed by atoms with Crippen molar-refractivity contribution >= 4 is 6.21 Å². The van der Waals surface area contributed by atoms with E-state index in [4.69, 9.17) is 5.21 Å². The Morgan fingerprint density at radius 1 is 1.24 bits per heavy atom. The Balaban J connectivity index is 2.55. The van der Waals surface area contributed by atoms with Crippen LogP contribution in [0.3, 0.4) is 0 Å². The van der Waals surface area contributed by atoms with Gasteiger partial charge in [-0.1, -0.05) is 5.16 Å². The van der Waals surface area contributed by atoms with E-state index < -0.39 is 0 Å². The average molecular weight is 232 g/mol. The molecule has 0 aliphatic rings. The zero-order valence-corrected chi connectivity index (χ0v) is 9.68. The second kappa shape index (κ2) is 4.41. The number of hydrogen-bond acceptors (Lipinski definition) is 2. The lowest BCUT2D eigenvalue weighted by molar-refractivity contribution is 0.322. The Bertz CT molecular complexity index is 556. The number of hydrogen-bond donors (Lipinski definition) is 1. The van der Waals surface area contributed by atoms with Crippen LogP contribution in [0.5, 0.6) is 0 Å². The molecule has 1 aromatic carbocycles. The van der Waals surface area contributed by atoms with Gasteiger partial charge in [-0.05, 0) is 44.2 Å². The average Bonchev–Trinajstić information content (AvgIpc) is 2.57. The van der Waals surface area contributed by atoms with Gasteiger partial charge in [0.05, 0.1) is 6.21 Å². The molecule has 0 bridgehead atoms. The normalized spacial score (nSPS) is 11.2. The van der Waals surface area contributed by atoms with Gasteiger partial charge in [-0.25, -0.2) is 4.39 Å². The van der Waals surface area contributed by atoms with Crippen LogP contribution >= 0.6 is 0 Å². The predicted molar refractivity (Wildman–Crippen MR) is 64.6 cm³/mol. The maximum atomic E-state index is 12.9. The van der Waals surface area contributed by atoms with Gasteiger partial charge in [-0.15, -0.1) is 0 Å². The van der Waals surface area contributed by atoms with Crippen LogP contribution in [0.4, 0.5) is 4.39 Å². The van der Waals surface area contributed by atoms with Gasteiger partial charge in [0.15, 0.2) is 0 Å². The number of benzene rings is 1. The summed E-state index contributed by atoms with van der Waals surface area (Å²) in [5.74, 6) is -0.256. The predicted octanol–water partition coefficient (Wildman–Crippen LogP) is 3.04. The third-order valence-electron chi connectivity index (χ3n) is 2.75. The molecule has 0 fully saturated rings. The summed E-state index contributed by atoms with van der Waals surface area (Å²) < 4.78 is 14.8. The molecule has 2 rings (SSSR count). The molecule has 3 nitrogen and oxygen atoms in total. The first-order valence-corrected chi connectivity index (χ1v) is 5.26. The number of rotatable bonds is 2. The highest BCUT2D eigenvalue weighted by Crippen LogP contribution is 2.19. The molecular weight excluding hydrogens is 219 g/mol. The summed E-state index contributed by atoms with van der Waals surface area (Å²) >= 11 is 0. The number of nitrogens with zero attached hydrogens (tertiary/aromatic N) is 2. The van der Waals surface area contributed by atoms with E-state index in [1.54, 1.807) is 12.1 Å². The standard InChI is InChI=1S/C13H13FN2O/c1-9-7-11(8-15-17)10(2)16(9)13-5-3-12(14)4-6-13/h3-8,17H,1-2H3. The van der Waals surface area contributed by atoms with Crippen molar-refractivity contribution in [3.8, 4) is 5.69 Å². The lowest BCUT2D eigenvalue weighted by Gasteiger charge is -2.09. The van der Waals surface area contributed by atoms with Gasteiger partial charge in [0.25, 0.3) is 0 Å². The molecule has 0 radical (unpaired) electrons. The van der Waals surface area contributed by atoms with Crippen LogP contribution in [0.2, 0.25) is 0 Å². The first-order valence-electron chi connectivity index (χ1n) is 5.26. The highest BCUT2D eigenvalue weighted by Gasteiger charge is 2.09. The molecule has 1 N–H and O–H groups in total. The van der Waals surface area contributed by atoms with Gasteiger partial charge in [0, 0.05) is 22.6 Å². The number of halogens is 1. The minimum absolute atomic E-state index is 0.256. The molecule has 0 spiro atoms. The Morgan fingerprint density at radius 3 is 2.47 bits per heavy atom. The molecule has 0 aliphatic carbocycles. The van der Waals surface area contributed by atoms with Crippen molar-refractivity contribution < 1.29 is 9.60 Å². The van der Waals surface area contributed by atoms with Crippen LogP contribution in [-0.4, -0.2) is 16.0 Å². The lowest BCUT2D eigenvalue weighted by atomic mass is 10.2. The molecule has 2 aromatic rings. The van der Waals surface area contributed by atoms with Gasteiger partial charge in [-0.3, -0.25) is 0 Å². The Morgan fingerprint density at radius 2 is 1.88 bits per heavy atom. The summed E-state index contributed by atoms with van der Waals surface area (Å²) in [5, 5.41) is 11.6. The van der Waals surface area contributed by atoms with Crippen molar-refractivity contribution in [3.05, 3.63) is 53.1 Å². The molecular formula is C13H13FN2O. The van der Waals surface area contributed by atoms with Gasteiger partial charge in [-0.2, -0.15) is 0 Å². The van der Waals surface area contributed by atoms with Crippen molar-refractivity contribution in [2.75, 3.05) is 0 Å². The highest BCUT2D eigenvalue weighted by atomic mass is 19.1. The summed E-state index contributed by atoms with van der Waals surface area (Å²) in [6.45, 7) is 3.87. The maximum Gasteiger partial charge on any atom is 0.123 e. The quantitative estimate of drug-likeness (QED) is 0.482. The van der Waals surface area contributed by atoms with E-state index >= 15 is 0 Å². The number of aryl methyl sites for hydroxylation is 1. The van der Waals surface area contributed by atoms with Gasteiger partial charge < -0.3 is 9.77 Å². The van der Waals surface area contributed by atoms with Crippen molar-refractivity contribution in [2.45, 2.75) is 13.8 Å². The van der Waals surface area contributed by atoms with Crippen molar-refractivity contribution in [1.29, 1.82) is 0 Å². The number of oxime groups is 1. The van der Waals surface area contributed by atoms with Gasteiger partial charge in [0.1, 0.15) is 5.82 Å². The molecule has 17 heavy (non-hydrogen) atoms. The summed E-state index contributed by atoms with van der Waals surface area (Å²) in [6, 6.07) is 8.20. The molecule has 0 saturated carbocycles. The fourth-order valence-electron chi connectivity index (χ4n) is 1.97. The second-order valence-electron chi connectivity index (χ2n) is 3.88. The third kappa shape index (κ3) is 2.06. The van der Waals surface area contributed by atoms with Crippen LogP contribution in [-0.2, 0) is 0 Å². The zero-order chi connectivity index (χ0) is 12.4. The molecule has 0 unspecified atom stereocenters. The minimum Gasteiger partial charge on any atom is -0.411 e. The van der Waals surface area contributed by atoms with E-state index in [-0.39, 0.29) is 5.82 Å². The van der Waals surface area contributed by atoms with Crippen LogP contribution in [0.15, 0.2) is 35.5 Å². The Kier molecular flexibility index (Phi) is 2.95. The molecule has 0 aliphatic heterocycles. The second-order valence-corrected chi connectivity index (χ2v) is 3.88. The van der Waals surface area contributed by atoms with E-state index in [2.05, 4.69) is 5.16 Å². The summed E-state index contributed by atoms with van der Waals surface area (Å²) in [7, 11) is 0. The third-order valence-corrected chi connectivity index (χ3v) is 2.75. The lowest BCUT2D eigenvalue weighted by Crippen LogP contribution is -1.99. The fourth-order valence-corrected chi connectivity index (χ4v) is 1.97. The number of aromatic nitrogens is 1. The molecule has 88 valence electrons. The topological polar surface area (TPSA) is 37.5 Å². The molecule has 0 atom stereocenters. The summed E-state index contributed by atoms with van der Waals surface area (Å²) in [6.07, 6.45) is 1.39. The van der Waals surface area contributed by atoms with Crippen molar-refractivity contribution in [1.82, 2.24) is 4.57 Å². The van der Waals surface area contributed by atoms with E-state index in [0.717, 1.165) is 22.6 Å². The van der Waals surface area contributed by atoms with E-state index in [9.17, 15) is 4.39 Å². The molecule has 4 heteroatoms. The molecule has 0 amide bonds. The Hall–Kier alpha value is -2.10. The van der Waals surface area contributed by atoms with Gasteiger partial charge >= 0.3 is 0 Å². The fraction of sp³-hybridized carbons (Fsp3) is 0.154. The van der Waals surface area contributed by atoms with Crippen molar-refractivity contribution in [2.24, 2.45) is 5.16 Å². The molecule has 1 heterocycles. The minimum atomic E-state index is -0.256. The molecule has 0 saturated heterocycles. The first-order chi connectivity index (χ1) is 8.13. The first kappa shape index (κ1) is 11.4. The Labute approximate surface area is 98.8 Å². The monoisotopic (exact) mass is 232 g/mol. The van der Waals surface area contributed by atoms with Crippen LogP contribution < -0.4 is 0 Å². The van der Waals surface area contributed by atoms with E-state index in [0.29, 0.717) is 0 Å². The van der Waals surface area contributed by atoms with E-state index in [1.165, 1.54) is 18.3 Å². The summed E-state index contributed by atoms with van der Waals surface area (Å²) in [4.78, 5) is 0. The SMILES string of the molecule is Cc1cc(C=NO)c(C)n1-c1ccc(F)cc1. The smallest absolute Gasteiger partial charge is 0.123 e. The highest BCUT2D eigenvalue weighted by molar-refractivity contribution is 5.81. The van der Waals surface area contributed by atoms with Crippen LogP contribution in [0, 0.1) is 19.7 Å². The van der Waals surface area contributed by atoms with Gasteiger partial charge in [0.2, 0.25) is 0 Å². The van der Waals surface area contributed by atoms with Crippen molar-refractivity contribution in [3.63, 3.8) is 0 Å². The van der Waals surface area contributed by atoms with E-state index in [1.807, 2.05) is 24.5 Å². The maximum absolute atomic E-state index is 12.9.